The molecule has 0 atom stereocenters. The quantitative estimate of drug-likeness (QED) is 0.792. The van der Waals surface area contributed by atoms with Crippen LogP contribution in [0.3, 0.4) is 0 Å². The molecule has 0 aliphatic carbocycles. The lowest BCUT2D eigenvalue weighted by atomic mass is 10.0. The molecule has 27 heavy (non-hydrogen) atoms. The van der Waals surface area contributed by atoms with Gasteiger partial charge in [0.05, 0.1) is 11.5 Å². The Morgan fingerprint density at radius 3 is 2.37 bits per heavy atom. The normalized spacial score (nSPS) is 14.6. The SMILES string of the molecule is CCOc1ccc(OCC(=O)N2CCC(NC(=O)c3cccs3)CC2)cc1. The number of hydrogen-bond donors (Lipinski definition) is 1. The van der Waals surface area contributed by atoms with Crippen LogP contribution in [-0.2, 0) is 4.79 Å². The first-order valence-electron chi connectivity index (χ1n) is 9.13. The van der Waals surface area contributed by atoms with Gasteiger partial charge in [0.15, 0.2) is 6.61 Å². The largest absolute Gasteiger partial charge is 0.494 e. The van der Waals surface area contributed by atoms with E-state index in [1.54, 1.807) is 17.0 Å². The number of thiophene rings is 1. The number of rotatable bonds is 7. The summed E-state index contributed by atoms with van der Waals surface area (Å²) in [5, 5.41) is 4.93. The number of amides is 2. The molecule has 1 fully saturated rings. The fourth-order valence-electron chi connectivity index (χ4n) is 2.97. The molecule has 1 aromatic heterocycles. The highest BCUT2D eigenvalue weighted by Crippen LogP contribution is 2.18. The summed E-state index contributed by atoms with van der Waals surface area (Å²) >= 11 is 1.43. The molecule has 0 unspecified atom stereocenters. The van der Waals surface area contributed by atoms with Crippen molar-refractivity contribution in [3.63, 3.8) is 0 Å². The van der Waals surface area contributed by atoms with Crippen molar-refractivity contribution < 1.29 is 19.1 Å². The van der Waals surface area contributed by atoms with E-state index in [0.717, 1.165) is 23.5 Å². The molecule has 1 aliphatic heterocycles. The van der Waals surface area contributed by atoms with Gasteiger partial charge in [-0.15, -0.1) is 11.3 Å². The number of benzene rings is 1. The van der Waals surface area contributed by atoms with Gasteiger partial charge in [0.25, 0.3) is 11.8 Å². The average molecular weight is 388 g/mol. The summed E-state index contributed by atoms with van der Waals surface area (Å²) in [5.41, 5.74) is 0. The molecular formula is C20H24N2O4S. The van der Waals surface area contributed by atoms with Crippen molar-refractivity contribution in [3.05, 3.63) is 46.7 Å². The van der Waals surface area contributed by atoms with Crippen molar-refractivity contribution in [2.75, 3.05) is 26.3 Å². The van der Waals surface area contributed by atoms with E-state index in [4.69, 9.17) is 9.47 Å². The van der Waals surface area contributed by atoms with E-state index in [9.17, 15) is 9.59 Å². The molecule has 144 valence electrons. The van der Waals surface area contributed by atoms with E-state index >= 15 is 0 Å². The summed E-state index contributed by atoms with van der Waals surface area (Å²) in [6, 6.07) is 11.0. The van der Waals surface area contributed by atoms with Crippen molar-refractivity contribution in [1.29, 1.82) is 0 Å². The molecule has 7 heteroatoms. The van der Waals surface area contributed by atoms with Crippen molar-refractivity contribution in [3.8, 4) is 11.5 Å². The smallest absolute Gasteiger partial charge is 0.261 e. The second-order valence-electron chi connectivity index (χ2n) is 6.30. The highest BCUT2D eigenvalue weighted by molar-refractivity contribution is 7.12. The molecular weight excluding hydrogens is 364 g/mol. The van der Waals surface area contributed by atoms with Crippen LogP contribution in [0.2, 0.25) is 0 Å². The lowest BCUT2D eigenvalue weighted by Gasteiger charge is -2.32. The number of nitrogens with zero attached hydrogens (tertiary/aromatic N) is 1. The van der Waals surface area contributed by atoms with Gasteiger partial charge in [-0.1, -0.05) is 6.07 Å². The standard InChI is InChI=1S/C20H24N2O4S/c1-2-25-16-5-7-17(8-6-16)26-14-19(23)22-11-9-15(10-12-22)21-20(24)18-4-3-13-27-18/h3-8,13,15H,2,9-12,14H2,1H3,(H,21,24). The van der Waals surface area contributed by atoms with Gasteiger partial charge in [0, 0.05) is 19.1 Å². The molecule has 1 N–H and O–H groups in total. The summed E-state index contributed by atoms with van der Waals surface area (Å²) in [7, 11) is 0. The highest BCUT2D eigenvalue weighted by Gasteiger charge is 2.24. The molecule has 0 saturated carbocycles. The second-order valence-corrected chi connectivity index (χ2v) is 7.25. The summed E-state index contributed by atoms with van der Waals surface area (Å²) in [5.74, 6) is 1.35. The minimum atomic E-state index is -0.0353. The lowest BCUT2D eigenvalue weighted by molar-refractivity contribution is -0.134. The number of likely N-dealkylation sites (tertiary alicyclic amines) is 1. The third kappa shape index (κ3) is 5.47. The van der Waals surface area contributed by atoms with Crippen LogP contribution in [0, 0.1) is 0 Å². The van der Waals surface area contributed by atoms with Crippen LogP contribution < -0.4 is 14.8 Å². The molecule has 0 spiro atoms. The summed E-state index contributed by atoms with van der Waals surface area (Å²) < 4.78 is 11.0. The van der Waals surface area contributed by atoms with Gasteiger partial charge in [-0.3, -0.25) is 9.59 Å². The summed E-state index contributed by atoms with van der Waals surface area (Å²) in [6.45, 7) is 3.81. The minimum Gasteiger partial charge on any atom is -0.494 e. The predicted octanol–water partition coefficient (Wildman–Crippen LogP) is 2.95. The highest BCUT2D eigenvalue weighted by atomic mass is 32.1. The minimum absolute atomic E-state index is 0.0141. The van der Waals surface area contributed by atoms with Crippen LogP contribution >= 0.6 is 11.3 Å². The third-order valence-corrected chi connectivity index (χ3v) is 5.29. The van der Waals surface area contributed by atoms with Crippen LogP contribution in [0.1, 0.15) is 29.4 Å². The number of piperidine rings is 1. The van der Waals surface area contributed by atoms with Gasteiger partial charge >= 0.3 is 0 Å². The predicted molar refractivity (Wildman–Crippen MR) is 104 cm³/mol. The molecule has 0 bridgehead atoms. The van der Waals surface area contributed by atoms with Crippen LogP contribution in [0.15, 0.2) is 41.8 Å². The molecule has 2 heterocycles. The van der Waals surface area contributed by atoms with Gasteiger partial charge in [0.2, 0.25) is 0 Å². The Bertz CT molecular complexity index is 738. The zero-order valence-electron chi connectivity index (χ0n) is 15.3. The van der Waals surface area contributed by atoms with E-state index in [-0.39, 0.29) is 24.5 Å². The monoisotopic (exact) mass is 388 g/mol. The Morgan fingerprint density at radius 1 is 1.11 bits per heavy atom. The number of hydrogen-bond acceptors (Lipinski definition) is 5. The molecule has 1 aliphatic rings. The molecule has 2 amide bonds. The van der Waals surface area contributed by atoms with Crippen molar-refractivity contribution in [1.82, 2.24) is 10.2 Å². The zero-order valence-corrected chi connectivity index (χ0v) is 16.2. The van der Waals surface area contributed by atoms with E-state index in [0.29, 0.717) is 25.4 Å². The van der Waals surface area contributed by atoms with E-state index < -0.39 is 0 Å². The lowest BCUT2D eigenvalue weighted by Crippen LogP contribution is -2.47. The van der Waals surface area contributed by atoms with E-state index in [1.807, 2.05) is 36.6 Å². The maximum absolute atomic E-state index is 12.3. The van der Waals surface area contributed by atoms with Gasteiger partial charge in [0.1, 0.15) is 11.5 Å². The zero-order chi connectivity index (χ0) is 19.1. The van der Waals surface area contributed by atoms with Crippen molar-refractivity contribution in [2.24, 2.45) is 0 Å². The Kier molecular flexibility index (Phi) is 6.70. The van der Waals surface area contributed by atoms with Crippen LogP contribution in [0.4, 0.5) is 0 Å². The molecule has 0 radical (unpaired) electrons. The van der Waals surface area contributed by atoms with Crippen molar-refractivity contribution in [2.45, 2.75) is 25.8 Å². The number of nitrogens with one attached hydrogen (secondary N) is 1. The van der Waals surface area contributed by atoms with Crippen LogP contribution in [0.5, 0.6) is 11.5 Å². The molecule has 2 aromatic rings. The van der Waals surface area contributed by atoms with Gasteiger partial charge in [-0.2, -0.15) is 0 Å². The average Bonchev–Trinajstić information content (AvgIpc) is 3.23. The topological polar surface area (TPSA) is 67.9 Å². The van der Waals surface area contributed by atoms with E-state index in [2.05, 4.69) is 5.32 Å². The number of carbonyl (C=O) groups is 2. The molecule has 3 rings (SSSR count). The maximum Gasteiger partial charge on any atom is 0.261 e. The van der Waals surface area contributed by atoms with Gasteiger partial charge in [-0.05, 0) is 55.5 Å². The first kappa shape index (κ1) is 19.2. The van der Waals surface area contributed by atoms with Gasteiger partial charge < -0.3 is 19.7 Å². The Hall–Kier alpha value is -2.54. The maximum atomic E-state index is 12.3. The summed E-state index contributed by atoms with van der Waals surface area (Å²) in [6.07, 6.45) is 1.51. The van der Waals surface area contributed by atoms with Crippen molar-refractivity contribution >= 4 is 23.2 Å². The molecule has 1 aromatic carbocycles. The summed E-state index contributed by atoms with van der Waals surface area (Å²) in [4.78, 5) is 27.0. The van der Waals surface area contributed by atoms with E-state index in [1.165, 1.54) is 11.3 Å². The first-order chi connectivity index (χ1) is 13.2. The Morgan fingerprint density at radius 2 is 1.78 bits per heavy atom. The first-order valence-corrected chi connectivity index (χ1v) is 10.0. The van der Waals surface area contributed by atoms with Crippen LogP contribution in [-0.4, -0.2) is 49.1 Å². The second kappa shape index (κ2) is 9.41. The number of ether oxygens (including phenoxy) is 2. The number of carbonyl (C=O) groups excluding carboxylic acids is 2. The fraction of sp³-hybridized carbons (Fsp3) is 0.400. The Balaban J connectivity index is 1.40. The third-order valence-electron chi connectivity index (χ3n) is 4.42. The van der Waals surface area contributed by atoms with Gasteiger partial charge in [-0.25, -0.2) is 0 Å². The Labute approximate surface area is 163 Å². The molecule has 6 nitrogen and oxygen atoms in total. The fourth-order valence-corrected chi connectivity index (χ4v) is 3.60. The molecule has 1 saturated heterocycles. The van der Waals surface area contributed by atoms with Crippen LogP contribution in [0.25, 0.3) is 0 Å².